The van der Waals surface area contributed by atoms with Crippen molar-refractivity contribution in [1.29, 1.82) is 0 Å². The van der Waals surface area contributed by atoms with Gasteiger partial charge in [-0.3, -0.25) is 4.98 Å². The summed E-state index contributed by atoms with van der Waals surface area (Å²) in [5, 5.41) is 8.95. The van der Waals surface area contributed by atoms with E-state index in [1.165, 1.54) is 12.0 Å². The topological polar surface area (TPSA) is 33.1 Å². The van der Waals surface area contributed by atoms with Crippen LogP contribution in [0.4, 0.5) is 0 Å². The van der Waals surface area contributed by atoms with E-state index in [-0.39, 0.29) is 6.61 Å². The third kappa shape index (κ3) is 1.78. The molecule has 2 heteroatoms. The second-order valence-corrected chi connectivity index (χ2v) is 3.40. The summed E-state index contributed by atoms with van der Waals surface area (Å²) in [6, 6.07) is 2.04. The fourth-order valence-electron chi connectivity index (χ4n) is 1.71. The smallest absolute Gasteiger partial charge is 0.0696 e. The number of hydrogen-bond donors (Lipinski definition) is 1. The number of aromatic nitrogens is 1. The molecule has 0 radical (unpaired) electrons. The van der Waals surface area contributed by atoms with Gasteiger partial charge in [0.05, 0.1) is 6.61 Å². The fourth-order valence-corrected chi connectivity index (χ4v) is 1.71. The van der Waals surface area contributed by atoms with Crippen molar-refractivity contribution in [1.82, 2.24) is 4.98 Å². The van der Waals surface area contributed by atoms with E-state index in [9.17, 15) is 0 Å². The Balaban J connectivity index is 2.24. The Morgan fingerprint density at radius 1 is 1.46 bits per heavy atom. The first-order valence-corrected chi connectivity index (χ1v) is 4.61. The summed E-state index contributed by atoms with van der Waals surface area (Å²) in [6.07, 6.45) is 10.4. The van der Waals surface area contributed by atoms with Crippen molar-refractivity contribution >= 4 is 0 Å². The van der Waals surface area contributed by atoms with Gasteiger partial charge in [0.25, 0.3) is 0 Å². The highest BCUT2D eigenvalue weighted by Crippen LogP contribution is 2.27. The molecule has 1 aromatic rings. The molecule has 13 heavy (non-hydrogen) atoms. The highest BCUT2D eigenvalue weighted by molar-refractivity contribution is 5.26. The largest absolute Gasteiger partial charge is 0.392 e. The Morgan fingerprint density at radius 2 is 2.38 bits per heavy atom. The van der Waals surface area contributed by atoms with Gasteiger partial charge in [0.15, 0.2) is 0 Å². The quantitative estimate of drug-likeness (QED) is 0.697. The molecule has 0 saturated carbocycles. The Morgan fingerprint density at radius 3 is 3.08 bits per heavy atom. The molecule has 1 aromatic heterocycles. The van der Waals surface area contributed by atoms with E-state index < -0.39 is 0 Å². The number of aliphatic hydroxyl groups is 1. The average molecular weight is 175 g/mol. The lowest BCUT2D eigenvalue weighted by Crippen LogP contribution is -1.94. The van der Waals surface area contributed by atoms with Gasteiger partial charge in [-0.05, 0) is 30.0 Å². The van der Waals surface area contributed by atoms with Crippen LogP contribution in [0.15, 0.2) is 30.6 Å². The minimum atomic E-state index is 0.0806. The zero-order chi connectivity index (χ0) is 9.10. The lowest BCUT2D eigenvalue weighted by molar-refractivity contribution is 0.281. The summed E-state index contributed by atoms with van der Waals surface area (Å²) < 4.78 is 0. The molecular weight excluding hydrogens is 162 g/mol. The first-order chi connectivity index (χ1) is 6.40. The molecule has 0 aromatic carbocycles. The molecule has 0 fully saturated rings. The van der Waals surface area contributed by atoms with Gasteiger partial charge in [0.1, 0.15) is 0 Å². The third-order valence-corrected chi connectivity index (χ3v) is 2.44. The Kier molecular flexibility index (Phi) is 2.41. The van der Waals surface area contributed by atoms with Gasteiger partial charge in [0.2, 0.25) is 0 Å². The first kappa shape index (κ1) is 8.45. The van der Waals surface area contributed by atoms with Crippen LogP contribution in [0, 0.1) is 0 Å². The van der Waals surface area contributed by atoms with E-state index in [0.717, 1.165) is 12.0 Å². The van der Waals surface area contributed by atoms with E-state index in [0.29, 0.717) is 5.92 Å². The minimum Gasteiger partial charge on any atom is -0.392 e. The fraction of sp³-hybridized carbons (Fsp3) is 0.364. The maximum Gasteiger partial charge on any atom is 0.0696 e. The van der Waals surface area contributed by atoms with E-state index in [2.05, 4.69) is 17.1 Å². The van der Waals surface area contributed by atoms with Gasteiger partial charge in [-0.1, -0.05) is 12.2 Å². The maximum absolute atomic E-state index is 8.95. The van der Waals surface area contributed by atoms with Crippen LogP contribution in [-0.2, 0) is 6.61 Å². The van der Waals surface area contributed by atoms with Gasteiger partial charge in [-0.2, -0.15) is 0 Å². The van der Waals surface area contributed by atoms with Gasteiger partial charge >= 0.3 is 0 Å². The summed E-state index contributed by atoms with van der Waals surface area (Å²) in [4.78, 5) is 4.11. The van der Waals surface area contributed by atoms with E-state index in [4.69, 9.17) is 5.11 Å². The second kappa shape index (κ2) is 3.71. The zero-order valence-corrected chi connectivity index (χ0v) is 7.48. The second-order valence-electron chi connectivity index (χ2n) is 3.40. The molecule has 0 saturated heterocycles. The molecule has 0 amide bonds. The first-order valence-electron chi connectivity index (χ1n) is 4.61. The molecule has 1 aliphatic rings. The number of hydrogen-bond acceptors (Lipinski definition) is 2. The molecule has 0 bridgehead atoms. The van der Waals surface area contributed by atoms with Crippen LogP contribution in [0.5, 0.6) is 0 Å². The maximum atomic E-state index is 8.95. The SMILES string of the molecule is OCc1cncc(C2C=CCC2)c1. The highest BCUT2D eigenvalue weighted by Gasteiger charge is 2.11. The van der Waals surface area contributed by atoms with Crippen molar-refractivity contribution in [2.24, 2.45) is 0 Å². The Hall–Kier alpha value is -1.15. The molecule has 1 atom stereocenters. The van der Waals surface area contributed by atoms with Crippen LogP contribution >= 0.6 is 0 Å². The molecule has 0 aliphatic heterocycles. The summed E-state index contributed by atoms with van der Waals surface area (Å²) in [5.41, 5.74) is 2.12. The van der Waals surface area contributed by atoms with Crippen LogP contribution in [0.3, 0.4) is 0 Å². The molecule has 1 heterocycles. The van der Waals surface area contributed by atoms with Crippen LogP contribution in [0.1, 0.15) is 29.9 Å². The number of aliphatic hydroxyl groups excluding tert-OH is 1. The summed E-state index contributed by atoms with van der Waals surface area (Å²) in [5.74, 6) is 0.513. The van der Waals surface area contributed by atoms with E-state index >= 15 is 0 Å². The molecule has 0 spiro atoms. The van der Waals surface area contributed by atoms with Gasteiger partial charge in [-0.25, -0.2) is 0 Å². The molecule has 1 aliphatic carbocycles. The van der Waals surface area contributed by atoms with Gasteiger partial charge < -0.3 is 5.11 Å². The van der Waals surface area contributed by atoms with Gasteiger partial charge in [-0.15, -0.1) is 0 Å². The third-order valence-electron chi connectivity index (χ3n) is 2.44. The van der Waals surface area contributed by atoms with Crippen molar-refractivity contribution in [2.75, 3.05) is 0 Å². The van der Waals surface area contributed by atoms with Crippen LogP contribution in [-0.4, -0.2) is 10.1 Å². The highest BCUT2D eigenvalue weighted by atomic mass is 16.3. The normalized spacial score (nSPS) is 20.8. The zero-order valence-electron chi connectivity index (χ0n) is 7.48. The predicted molar refractivity (Wildman–Crippen MR) is 51.3 cm³/mol. The van der Waals surface area contributed by atoms with E-state index in [1.807, 2.05) is 12.3 Å². The van der Waals surface area contributed by atoms with Crippen molar-refractivity contribution in [3.8, 4) is 0 Å². The van der Waals surface area contributed by atoms with Crippen molar-refractivity contribution < 1.29 is 5.11 Å². The Bertz CT molecular complexity index is 320. The summed E-state index contributed by atoms with van der Waals surface area (Å²) >= 11 is 0. The lowest BCUT2D eigenvalue weighted by Gasteiger charge is -2.07. The standard InChI is InChI=1S/C11H13NO/c13-8-9-5-11(7-12-6-9)10-3-1-2-4-10/h1,3,5-7,10,13H,2,4,8H2. The van der Waals surface area contributed by atoms with Crippen LogP contribution in [0.25, 0.3) is 0 Å². The summed E-state index contributed by atoms with van der Waals surface area (Å²) in [7, 11) is 0. The molecule has 2 nitrogen and oxygen atoms in total. The van der Waals surface area contributed by atoms with Crippen molar-refractivity contribution in [2.45, 2.75) is 25.4 Å². The Labute approximate surface area is 77.9 Å². The molecule has 2 rings (SSSR count). The molecular formula is C11H13NO. The monoisotopic (exact) mass is 175 g/mol. The number of pyridine rings is 1. The molecule has 1 N–H and O–H groups in total. The number of rotatable bonds is 2. The summed E-state index contributed by atoms with van der Waals surface area (Å²) in [6.45, 7) is 0.0806. The van der Waals surface area contributed by atoms with Gasteiger partial charge in [0, 0.05) is 18.3 Å². The van der Waals surface area contributed by atoms with Crippen molar-refractivity contribution in [3.05, 3.63) is 41.7 Å². The lowest BCUT2D eigenvalue weighted by atomic mass is 9.99. The average Bonchev–Trinajstić information content (AvgIpc) is 2.71. The van der Waals surface area contributed by atoms with E-state index in [1.54, 1.807) is 6.20 Å². The number of allylic oxidation sites excluding steroid dienone is 2. The van der Waals surface area contributed by atoms with Crippen LogP contribution < -0.4 is 0 Å². The van der Waals surface area contributed by atoms with Crippen LogP contribution in [0.2, 0.25) is 0 Å². The minimum absolute atomic E-state index is 0.0806. The predicted octanol–water partition coefficient (Wildman–Crippen LogP) is 2.01. The molecule has 68 valence electrons. The van der Waals surface area contributed by atoms with Crippen molar-refractivity contribution in [3.63, 3.8) is 0 Å². The molecule has 1 unspecified atom stereocenters. The number of nitrogens with zero attached hydrogens (tertiary/aromatic N) is 1.